The second-order valence-electron chi connectivity index (χ2n) is 17.5. The van der Waals surface area contributed by atoms with Crippen molar-refractivity contribution in [1.29, 1.82) is 0 Å². The third-order valence-electron chi connectivity index (χ3n) is 11.8. The molecule has 0 heterocycles. The monoisotopic (exact) mass is 1010 g/mol. The number of carbonyl (C=O) groups excluding carboxylic acids is 4. The summed E-state index contributed by atoms with van der Waals surface area (Å²) < 4.78 is 33.1. The van der Waals surface area contributed by atoms with Crippen LogP contribution in [0.1, 0.15) is 111 Å². The highest BCUT2D eigenvalue weighted by molar-refractivity contribution is 6.17. The molecule has 0 fully saturated rings. The molecular formula is C58H79ClN2O11. The third kappa shape index (κ3) is 25.7. The summed E-state index contributed by atoms with van der Waals surface area (Å²) in [5, 5.41) is 2.79. The van der Waals surface area contributed by atoms with E-state index in [0.29, 0.717) is 118 Å². The Morgan fingerprint density at radius 3 is 1.36 bits per heavy atom. The SMILES string of the molecule is O=C(CCC(=O)NCCOCCOCCOCCOCCOCCOCCCCCCCl)CCc1ccc(CC(=O)CCCCCCC(=O)NOC(c2ccccc2)(c2ccccc2)c2ccccc2)cc1. The van der Waals surface area contributed by atoms with Gasteiger partial charge in [-0.2, -0.15) is 0 Å². The van der Waals surface area contributed by atoms with Crippen LogP contribution in [0.4, 0.5) is 0 Å². The Kier molecular flexibility index (Phi) is 32.1. The second kappa shape index (κ2) is 38.7. The van der Waals surface area contributed by atoms with Crippen molar-refractivity contribution in [2.45, 2.75) is 102 Å². The minimum atomic E-state index is -1.04. The number of hydrogen-bond donors (Lipinski definition) is 2. The van der Waals surface area contributed by atoms with E-state index in [4.69, 9.17) is 44.9 Å². The molecule has 0 saturated heterocycles. The first-order chi connectivity index (χ1) is 35.4. The largest absolute Gasteiger partial charge is 0.379 e. The van der Waals surface area contributed by atoms with Crippen molar-refractivity contribution in [3.05, 3.63) is 143 Å². The van der Waals surface area contributed by atoms with Crippen LogP contribution in [0, 0.1) is 0 Å². The van der Waals surface area contributed by atoms with E-state index in [-0.39, 0.29) is 36.2 Å². The number of aryl methyl sites for hydroxylation is 1. The molecule has 4 rings (SSSR count). The predicted molar refractivity (Wildman–Crippen MR) is 281 cm³/mol. The predicted octanol–water partition coefficient (Wildman–Crippen LogP) is 9.48. The van der Waals surface area contributed by atoms with Crippen molar-refractivity contribution in [2.75, 3.05) is 91.7 Å². The van der Waals surface area contributed by atoms with Gasteiger partial charge in [-0.1, -0.05) is 141 Å². The quantitative estimate of drug-likeness (QED) is 0.0188. The number of unbranched alkanes of at least 4 members (excludes halogenated alkanes) is 6. The lowest BCUT2D eigenvalue weighted by atomic mass is 9.80. The summed E-state index contributed by atoms with van der Waals surface area (Å²) in [4.78, 5) is 57.0. The summed E-state index contributed by atoms with van der Waals surface area (Å²) in [6.07, 6.45) is 9.95. The average Bonchev–Trinajstić information content (AvgIpc) is 3.41. The summed E-state index contributed by atoms with van der Waals surface area (Å²) in [5.41, 5.74) is 6.39. The van der Waals surface area contributed by atoms with Gasteiger partial charge in [-0.25, -0.2) is 5.48 Å². The van der Waals surface area contributed by atoms with Crippen LogP contribution in [0.25, 0.3) is 0 Å². The number of amides is 2. The minimum absolute atomic E-state index is 0.0297. The zero-order valence-corrected chi connectivity index (χ0v) is 43.1. The van der Waals surface area contributed by atoms with Crippen LogP contribution in [-0.2, 0) is 70.9 Å². The number of nitrogens with one attached hydrogen (secondary N) is 2. The zero-order chi connectivity index (χ0) is 51.0. The van der Waals surface area contributed by atoms with Gasteiger partial charge >= 0.3 is 0 Å². The lowest BCUT2D eigenvalue weighted by Crippen LogP contribution is -2.40. The molecular weight excluding hydrogens is 936 g/mol. The normalized spacial score (nSPS) is 11.4. The molecule has 394 valence electrons. The van der Waals surface area contributed by atoms with Gasteiger partial charge in [-0.3, -0.25) is 24.0 Å². The van der Waals surface area contributed by atoms with Crippen LogP contribution in [0.5, 0.6) is 0 Å². The van der Waals surface area contributed by atoms with Crippen LogP contribution in [0.2, 0.25) is 0 Å². The van der Waals surface area contributed by atoms with Gasteiger partial charge < -0.3 is 33.7 Å². The number of alkyl halides is 1. The Morgan fingerprint density at radius 2 is 0.847 bits per heavy atom. The average molecular weight is 1020 g/mol. The molecule has 0 aromatic heterocycles. The molecule has 2 amide bonds. The Morgan fingerprint density at radius 1 is 0.403 bits per heavy atom. The van der Waals surface area contributed by atoms with E-state index >= 15 is 0 Å². The van der Waals surface area contributed by atoms with Crippen molar-refractivity contribution in [3.8, 4) is 0 Å². The molecule has 4 aromatic carbocycles. The maximum absolute atomic E-state index is 13.1. The number of ketones is 2. The fraction of sp³-hybridized carbons (Fsp3) is 0.517. The molecule has 0 bridgehead atoms. The smallest absolute Gasteiger partial charge is 0.243 e. The van der Waals surface area contributed by atoms with Gasteiger partial charge in [-0.05, 0) is 59.9 Å². The van der Waals surface area contributed by atoms with Crippen molar-refractivity contribution >= 4 is 35.0 Å². The molecule has 13 nitrogen and oxygen atoms in total. The molecule has 14 heteroatoms. The number of halogens is 1. The fourth-order valence-corrected chi connectivity index (χ4v) is 8.04. The molecule has 0 atom stereocenters. The van der Waals surface area contributed by atoms with Crippen LogP contribution < -0.4 is 10.8 Å². The van der Waals surface area contributed by atoms with E-state index < -0.39 is 5.60 Å². The Hall–Kier alpha value is -4.83. The molecule has 72 heavy (non-hydrogen) atoms. The maximum atomic E-state index is 13.1. The van der Waals surface area contributed by atoms with Gasteiger partial charge in [0.1, 0.15) is 11.6 Å². The van der Waals surface area contributed by atoms with Gasteiger partial charge in [0.2, 0.25) is 11.8 Å². The van der Waals surface area contributed by atoms with Gasteiger partial charge in [0.05, 0.1) is 72.7 Å². The standard InChI is InChI=1S/C58H79ClN2O11/c59-34-16-3-4-17-36-66-38-40-68-42-44-70-46-47-71-45-43-69-41-39-67-37-35-60-56(64)33-32-54(62)31-30-49-26-28-50(29-27-49)48-55(63)24-14-1-2-15-25-57(65)61-72-58(51-18-8-5-9-19-51,52-20-10-6-11-21-52)53-22-12-7-13-23-53/h5-13,18-23,26-29H,1-4,14-17,24-25,30-48H2,(H,60,64)(H,61,65). The zero-order valence-electron chi connectivity index (χ0n) is 42.3. The van der Waals surface area contributed by atoms with Crippen LogP contribution >= 0.6 is 11.6 Å². The van der Waals surface area contributed by atoms with E-state index in [9.17, 15) is 19.2 Å². The number of rotatable bonds is 44. The summed E-state index contributed by atoms with van der Waals surface area (Å²) in [6.45, 7) is 6.37. The van der Waals surface area contributed by atoms with Crippen LogP contribution in [0.3, 0.4) is 0 Å². The summed E-state index contributed by atoms with van der Waals surface area (Å²) in [6, 6.07) is 37.5. The highest BCUT2D eigenvalue weighted by Crippen LogP contribution is 2.39. The molecule has 2 N–H and O–H groups in total. The molecule has 0 spiro atoms. The van der Waals surface area contributed by atoms with Gasteiger partial charge in [0, 0.05) is 57.6 Å². The number of hydrogen-bond acceptors (Lipinski definition) is 11. The Labute approximate surface area is 433 Å². The van der Waals surface area contributed by atoms with Crippen molar-refractivity contribution < 1.29 is 52.4 Å². The molecule has 0 aliphatic rings. The van der Waals surface area contributed by atoms with E-state index in [0.717, 1.165) is 85.2 Å². The lowest BCUT2D eigenvalue weighted by molar-refractivity contribution is -0.143. The molecule has 4 aromatic rings. The Balaban J connectivity index is 0.933. The lowest BCUT2D eigenvalue weighted by Gasteiger charge is -2.35. The highest BCUT2D eigenvalue weighted by atomic mass is 35.5. The van der Waals surface area contributed by atoms with Gasteiger partial charge in [0.25, 0.3) is 0 Å². The number of ether oxygens (including phenoxy) is 6. The van der Waals surface area contributed by atoms with Crippen molar-refractivity contribution in [1.82, 2.24) is 10.8 Å². The topological polar surface area (TPSA) is 157 Å². The number of carbonyl (C=O) groups is 4. The van der Waals surface area contributed by atoms with Gasteiger partial charge in [0.15, 0.2) is 5.60 Å². The van der Waals surface area contributed by atoms with E-state index in [1.165, 1.54) is 0 Å². The Bertz CT molecular complexity index is 1930. The van der Waals surface area contributed by atoms with E-state index in [1.807, 2.05) is 115 Å². The first-order valence-corrected chi connectivity index (χ1v) is 26.5. The molecule has 0 aliphatic carbocycles. The maximum Gasteiger partial charge on any atom is 0.243 e. The number of Topliss-reactive ketones (excluding diaryl/α,β-unsaturated/α-hetero) is 2. The first kappa shape index (κ1) is 59.7. The molecule has 0 radical (unpaired) electrons. The van der Waals surface area contributed by atoms with Crippen LogP contribution in [0.15, 0.2) is 115 Å². The molecule has 0 saturated carbocycles. The van der Waals surface area contributed by atoms with Gasteiger partial charge in [-0.15, -0.1) is 11.6 Å². The van der Waals surface area contributed by atoms with E-state index in [1.54, 1.807) is 0 Å². The highest BCUT2D eigenvalue weighted by Gasteiger charge is 2.39. The summed E-state index contributed by atoms with van der Waals surface area (Å²) >= 11 is 5.67. The second-order valence-corrected chi connectivity index (χ2v) is 17.9. The summed E-state index contributed by atoms with van der Waals surface area (Å²) in [7, 11) is 0. The molecule has 0 unspecified atom stereocenters. The number of benzene rings is 4. The molecule has 0 aliphatic heterocycles. The van der Waals surface area contributed by atoms with Crippen molar-refractivity contribution in [2.24, 2.45) is 0 Å². The van der Waals surface area contributed by atoms with Crippen molar-refractivity contribution in [3.63, 3.8) is 0 Å². The minimum Gasteiger partial charge on any atom is -0.379 e. The number of hydroxylamine groups is 1. The fourth-order valence-electron chi connectivity index (χ4n) is 7.85. The third-order valence-corrected chi connectivity index (χ3v) is 12.1. The van der Waals surface area contributed by atoms with E-state index in [2.05, 4.69) is 10.8 Å². The summed E-state index contributed by atoms with van der Waals surface area (Å²) in [5.74, 6) is 0.555. The van der Waals surface area contributed by atoms with Crippen LogP contribution in [-0.4, -0.2) is 115 Å². The first-order valence-electron chi connectivity index (χ1n) is 25.9.